The van der Waals surface area contributed by atoms with Crippen LogP contribution in [-0.2, 0) is 0 Å². The number of para-hydroxylation sites is 1. The molecule has 2 aromatic carbocycles. The summed E-state index contributed by atoms with van der Waals surface area (Å²) in [4.78, 5) is 0. The van der Waals surface area contributed by atoms with E-state index in [0.29, 0.717) is 19.1 Å². The first-order valence-corrected chi connectivity index (χ1v) is 8.22. The Labute approximate surface area is 144 Å². The number of hydrogen-bond acceptors (Lipinski definition) is 4. The van der Waals surface area contributed by atoms with Gasteiger partial charge in [0.15, 0.2) is 0 Å². The molecular formula is C18H20BrNO3. The summed E-state index contributed by atoms with van der Waals surface area (Å²) >= 11 is 3.44. The lowest BCUT2D eigenvalue weighted by atomic mass is 10.0. The Bertz CT molecular complexity index is 671. The van der Waals surface area contributed by atoms with Crippen LogP contribution < -0.4 is 9.47 Å². The maximum absolute atomic E-state index is 8.53. The van der Waals surface area contributed by atoms with Crippen molar-refractivity contribution in [3.05, 3.63) is 58.1 Å². The fraction of sp³-hybridized carbons (Fsp3) is 0.278. The summed E-state index contributed by atoms with van der Waals surface area (Å²) in [5.41, 5.74) is 1.98. The molecule has 23 heavy (non-hydrogen) atoms. The van der Waals surface area contributed by atoms with Crippen LogP contribution in [0.2, 0.25) is 0 Å². The fourth-order valence-corrected chi connectivity index (χ4v) is 2.68. The van der Waals surface area contributed by atoms with E-state index < -0.39 is 0 Å². The SMILES string of the molecule is CC(C)c1ccccc1OCCOc1ccc(C=NO)cc1Br. The topological polar surface area (TPSA) is 51.0 Å². The van der Waals surface area contributed by atoms with Gasteiger partial charge in [-0.25, -0.2) is 0 Å². The van der Waals surface area contributed by atoms with Crippen LogP contribution >= 0.6 is 15.9 Å². The van der Waals surface area contributed by atoms with Gasteiger partial charge >= 0.3 is 0 Å². The first kappa shape index (κ1) is 17.3. The Kier molecular flexibility index (Phi) is 6.47. The van der Waals surface area contributed by atoms with Crippen molar-refractivity contribution in [2.75, 3.05) is 13.2 Å². The zero-order chi connectivity index (χ0) is 16.7. The molecule has 0 saturated heterocycles. The van der Waals surface area contributed by atoms with Gasteiger partial charge in [-0.15, -0.1) is 0 Å². The maximum atomic E-state index is 8.53. The lowest BCUT2D eigenvalue weighted by Crippen LogP contribution is -2.10. The van der Waals surface area contributed by atoms with Gasteiger partial charge in [0.25, 0.3) is 0 Å². The van der Waals surface area contributed by atoms with Crippen LogP contribution in [0.3, 0.4) is 0 Å². The molecule has 0 unspecified atom stereocenters. The van der Waals surface area contributed by atoms with Gasteiger partial charge < -0.3 is 14.7 Å². The van der Waals surface area contributed by atoms with Crippen LogP contribution in [-0.4, -0.2) is 24.6 Å². The minimum absolute atomic E-state index is 0.419. The van der Waals surface area contributed by atoms with E-state index in [9.17, 15) is 0 Å². The largest absolute Gasteiger partial charge is 0.490 e. The summed E-state index contributed by atoms with van der Waals surface area (Å²) in [5, 5.41) is 11.5. The molecule has 0 radical (unpaired) electrons. The van der Waals surface area contributed by atoms with E-state index >= 15 is 0 Å². The van der Waals surface area contributed by atoms with Crippen LogP contribution in [0.5, 0.6) is 11.5 Å². The number of rotatable bonds is 7. The Morgan fingerprint density at radius 3 is 2.43 bits per heavy atom. The van der Waals surface area contributed by atoms with E-state index in [1.165, 1.54) is 11.8 Å². The predicted molar refractivity (Wildman–Crippen MR) is 95.0 cm³/mol. The predicted octanol–water partition coefficient (Wildman–Crippen LogP) is 4.84. The van der Waals surface area contributed by atoms with Crippen molar-refractivity contribution >= 4 is 22.1 Å². The van der Waals surface area contributed by atoms with Crippen LogP contribution in [0.1, 0.15) is 30.9 Å². The first-order valence-electron chi connectivity index (χ1n) is 7.43. The van der Waals surface area contributed by atoms with Crippen LogP contribution in [0.25, 0.3) is 0 Å². The second-order valence-electron chi connectivity index (χ2n) is 5.32. The highest BCUT2D eigenvalue weighted by molar-refractivity contribution is 9.10. The van der Waals surface area contributed by atoms with E-state index in [0.717, 1.165) is 21.5 Å². The van der Waals surface area contributed by atoms with Gasteiger partial charge in [0.2, 0.25) is 0 Å². The van der Waals surface area contributed by atoms with E-state index in [4.69, 9.17) is 14.7 Å². The van der Waals surface area contributed by atoms with Crippen LogP contribution in [0.15, 0.2) is 52.1 Å². The van der Waals surface area contributed by atoms with Crippen molar-refractivity contribution in [1.29, 1.82) is 0 Å². The van der Waals surface area contributed by atoms with Gasteiger partial charge in [0.05, 0.1) is 10.7 Å². The number of hydrogen-bond donors (Lipinski definition) is 1. The second kappa shape index (κ2) is 8.58. The molecule has 1 N–H and O–H groups in total. The summed E-state index contributed by atoms with van der Waals surface area (Å²) in [6.45, 7) is 5.20. The third-order valence-corrected chi connectivity index (χ3v) is 3.92. The molecular weight excluding hydrogens is 358 g/mol. The lowest BCUT2D eigenvalue weighted by Gasteiger charge is -2.14. The van der Waals surface area contributed by atoms with Gasteiger partial charge in [-0.3, -0.25) is 0 Å². The molecule has 0 bridgehead atoms. The third kappa shape index (κ3) is 4.99. The molecule has 0 aliphatic rings. The first-order chi connectivity index (χ1) is 11.1. The van der Waals surface area contributed by atoms with Gasteiger partial charge in [0.1, 0.15) is 24.7 Å². The number of nitrogens with zero attached hydrogens (tertiary/aromatic N) is 1. The molecule has 0 aromatic heterocycles. The van der Waals surface area contributed by atoms with E-state index in [2.05, 4.69) is 41.0 Å². The quantitative estimate of drug-likeness (QED) is 0.325. The molecule has 0 spiro atoms. The van der Waals surface area contributed by atoms with Gasteiger partial charge in [-0.05, 0) is 57.2 Å². The highest BCUT2D eigenvalue weighted by atomic mass is 79.9. The van der Waals surface area contributed by atoms with Crippen LogP contribution in [0.4, 0.5) is 0 Å². The minimum Gasteiger partial charge on any atom is -0.490 e. The van der Waals surface area contributed by atoms with Crippen molar-refractivity contribution in [3.8, 4) is 11.5 Å². The molecule has 5 heteroatoms. The summed E-state index contributed by atoms with van der Waals surface area (Å²) in [6.07, 6.45) is 1.36. The van der Waals surface area contributed by atoms with Crippen molar-refractivity contribution in [1.82, 2.24) is 0 Å². The van der Waals surface area contributed by atoms with Crippen molar-refractivity contribution in [2.45, 2.75) is 19.8 Å². The molecule has 0 aliphatic carbocycles. The molecule has 0 amide bonds. The average Bonchev–Trinajstić information content (AvgIpc) is 2.53. The minimum atomic E-state index is 0.419. The van der Waals surface area contributed by atoms with Gasteiger partial charge in [-0.1, -0.05) is 37.2 Å². The Morgan fingerprint density at radius 2 is 1.78 bits per heavy atom. The summed E-state index contributed by atoms with van der Waals surface area (Å²) < 4.78 is 12.3. The smallest absolute Gasteiger partial charge is 0.133 e. The number of halogens is 1. The van der Waals surface area contributed by atoms with Crippen LogP contribution in [0, 0.1) is 0 Å². The zero-order valence-corrected chi connectivity index (χ0v) is 14.8. The van der Waals surface area contributed by atoms with E-state index in [1.54, 1.807) is 0 Å². The number of benzene rings is 2. The fourth-order valence-electron chi connectivity index (χ4n) is 2.17. The summed E-state index contributed by atoms with van der Waals surface area (Å²) in [7, 11) is 0. The molecule has 0 heterocycles. The third-order valence-electron chi connectivity index (χ3n) is 3.30. The van der Waals surface area contributed by atoms with Gasteiger partial charge in [-0.2, -0.15) is 0 Å². The zero-order valence-electron chi connectivity index (χ0n) is 13.2. The number of ether oxygens (including phenoxy) is 2. The molecule has 0 aliphatic heterocycles. The summed E-state index contributed by atoms with van der Waals surface area (Å²) in [6, 6.07) is 13.5. The van der Waals surface area contributed by atoms with Crippen molar-refractivity contribution in [3.63, 3.8) is 0 Å². The van der Waals surface area contributed by atoms with E-state index in [1.807, 2.05) is 36.4 Å². The molecule has 2 rings (SSSR count). The normalized spacial score (nSPS) is 11.1. The Hall–Kier alpha value is -2.01. The highest BCUT2D eigenvalue weighted by Crippen LogP contribution is 2.27. The van der Waals surface area contributed by atoms with Gasteiger partial charge in [0, 0.05) is 0 Å². The molecule has 0 saturated carbocycles. The molecule has 4 nitrogen and oxygen atoms in total. The molecule has 2 aromatic rings. The van der Waals surface area contributed by atoms with Crippen molar-refractivity contribution in [2.24, 2.45) is 5.16 Å². The number of oxime groups is 1. The Balaban J connectivity index is 1.89. The van der Waals surface area contributed by atoms with E-state index in [-0.39, 0.29) is 0 Å². The monoisotopic (exact) mass is 377 g/mol. The average molecular weight is 378 g/mol. The standard InChI is InChI=1S/C18H20BrNO3/c1-13(2)15-5-3-4-6-17(15)22-9-10-23-18-8-7-14(12-20-21)11-16(18)19/h3-8,11-13,21H,9-10H2,1-2H3. The highest BCUT2D eigenvalue weighted by Gasteiger charge is 2.07. The molecule has 0 atom stereocenters. The van der Waals surface area contributed by atoms with Crippen molar-refractivity contribution < 1.29 is 14.7 Å². The molecule has 0 fully saturated rings. The second-order valence-corrected chi connectivity index (χ2v) is 6.18. The Morgan fingerprint density at radius 1 is 1.09 bits per heavy atom. The molecule has 122 valence electrons. The lowest BCUT2D eigenvalue weighted by molar-refractivity contribution is 0.214. The summed E-state index contributed by atoms with van der Waals surface area (Å²) in [5.74, 6) is 2.04. The maximum Gasteiger partial charge on any atom is 0.133 e.